The van der Waals surface area contributed by atoms with Crippen molar-refractivity contribution in [1.29, 1.82) is 0 Å². The highest BCUT2D eigenvalue weighted by atomic mass is 16.4. The van der Waals surface area contributed by atoms with Gasteiger partial charge in [0.1, 0.15) is 6.04 Å². The molecule has 0 aromatic rings. The molecule has 3 heteroatoms. The average Bonchev–Trinajstić information content (AvgIpc) is 2.18. The van der Waals surface area contributed by atoms with Crippen molar-refractivity contribution >= 4 is 5.97 Å². The molecule has 1 fully saturated rings. The quantitative estimate of drug-likeness (QED) is 0.778. The molecule has 0 aliphatic carbocycles. The Labute approximate surface area is 92.5 Å². The smallest absolute Gasteiger partial charge is 0.320 e. The highest BCUT2D eigenvalue weighted by Gasteiger charge is 2.30. The van der Waals surface area contributed by atoms with Crippen molar-refractivity contribution in [3.63, 3.8) is 0 Å². The SMILES string of the molecule is CCCC(C(=O)O)N1CCC(C)C(C)C1. The van der Waals surface area contributed by atoms with E-state index in [0.717, 1.165) is 38.3 Å². The molecule has 1 heterocycles. The standard InChI is InChI=1S/C12H23NO2/c1-4-5-11(12(14)15)13-7-6-9(2)10(3)8-13/h9-11H,4-8H2,1-3H3,(H,14,15). The van der Waals surface area contributed by atoms with Crippen molar-refractivity contribution < 1.29 is 9.90 Å². The van der Waals surface area contributed by atoms with Gasteiger partial charge in [-0.25, -0.2) is 0 Å². The number of piperidine rings is 1. The molecular weight excluding hydrogens is 190 g/mol. The Bertz CT molecular complexity index is 218. The lowest BCUT2D eigenvalue weighted by Gasteiger charge is -2.38. The summed E-state index contributed by atoms with van der Waals surface area (Å²) in [5.74, 6) is 0.702. The van der Waals surface area contributed by atoms with E-state index < -0.39 is 5.97 Å². The zero-order chi connectivity index (χ0) is 11.4. The zero-order valence-corrected chi connectivity index (χ0v) is 10.1. The summed E-state index contributed by atoms with van der Waals surface area (Å²) in [5, 5.41) is 9.17. The van der Waals surface area contributed by atoms with Crippen molar-refractivity contribution in [2.75, 3.05) is 13.1 Å². The number of hydrogen-bond donors (Lipinski definition) is 1. The van der Waals surface area contributed by atoms with Crippen LogP contribution in [0.3, 0.4) is 0 Å². The number of carbonyl (C=O) groups is 1. The van der Waals surface area contributed by atoms with Gasteiger partial charge in [0.2, 0.25) is 0 Å². The fourth-order valence-electron chi connectivity index (χ4n) is 2.31. The first-order chi connectivity index (χ1) is 7.06. The third-order valence-electron chi connectivity index (χ3n) is 3.65. The Hall–Kier alpha value is -0.570. The first-order valence-corrected chi connectivity index (χ1v) is 6.03. The minimum absolute atomic E-state index is 0.259. The van der Waals surface area contributed by atoms with Crippen LogP contribution in [0, 0.1) is 11.8 Å². The summed E-state index contributed by atoms with van der Waals surface area (Å²) in [7, 11) is 0. The van der Waals surface area contributed by atoms with Crippen LogP contribution in [0.1, 0.15) is 40.0 Å². The molecule has 88 valence electrons. The minimum atomic E-state index is -0.654. The van der Waals surface area contributed by atoms with Crippen LogP contribution in [0.15, 0.2) is 0 Å². The molecule has 1 N–H and O–H groups in total. The average molecular weight is 213 g/mol. The number of likely N-dealkylation sites (tertiary alicyclic amines) is 1. The van der Waals surface area contributed by atoms with Gasteiger partial charge in [-0.15, -0.1) is 0 Å². The topological polar surface area (TPSA) is 40.5 Å². The molecule has 3 unspecified atom stereocenters. The molecule has 3 nitrogen and oxygen atoms in total. The second-order valence-electron chi connectivity index (χ2n) is 4.88. The van der Waals surface area contributed by atoms with Crippen molar-refractivity contribution in [2.45, 2.75) is 46.1 Å². The molecule has 1 saturated heterocycles. The van der Waals surface area contributed by atoms with Gasteiger partial charge in [-0.2, -0.15) is 0 Å². The number of carboxylic acid groups (broad SMARTS) is 1. The van der Waals surface area contributed by atoms with Gasteiger partial charge in [0, 0.05) is 6.54 Å². The maximum Gasteiger partial charge on any atom is 0.320 e. The molecule has 0 spiro atoms. The van der Waals surface area contributed by atoms with Crippen LogP contribution < -0.4 is 0 Å². The van der Waals surface area contributed by atoms with Crippen molar-refractivity contribution in [2.24, 2.45) is 11.8 Å². The Morgan fingerprint density at radius 1 is 1.47 bits per heavy atom. The fourth-order valence-corrected chi connectivity index (χ4v) is 2.31. The second kappa shape index (κ2) is 5.50. The molecule has 1 aliphatic heterocycles. The third kappa shape index (κ3) is 3.20. The summed E-state index contributed by atoms with van der Waals surface area (Å²) in [5.41, 5.74) is 0. The normalized spacial score (nSPS) is 30.1. The van der Waals surface area contributed by atoms with Gasteiger partial charge in [0.15, 0.2) is 0 Å². The Morgan fingerprint density at radius 2 is 2.13 bits per heavy atom. The Balaban J connectivity index is 2.57. The summed E-state index contributed by atoms with van der Waals surface area (Å²) >= 11 is 0. The molecule has 0 amide bonds. The van der Waals surface area contributed by atoms with Crippen LogP contribution in [0.5, 0.6) is 0 Å². The van der Waals surface area contributed by atoms with E-state index in [1.54, 1.807) is 0 Å². The lowest BCUT2D eigenvalue weighted by atomic mass is 9.87. The number of nitrogens with zero attached hydrogens (tertiary/aromatic N) is 1. The minimum Gasteiger partial charge on any atom is -0.480 e. The van der Waals surface area contributed by atoms with Crippen molar-refractivity contribution in [3.8, 4) is 0 Å². The van der Waals surface area contributed by atoms with E-state index in [4.69, 9.17) is 5.11 Å². The fraction of sp³-hybridized carbons (Fsp3) is 0.917. The van der Waals surface area contributed by atoms with Crippen molar-refractivity contribution in [3.05, 3.63) is 0 Å². The lowest BCUT2D eigenvalue weighted by Crippen LogP contribution is -2.48. The molecule has 1 aliphatic rings. The summed E-state index contributed by atoms with van der Waals surface area (Å²) in [6.07, 6.45) is 2.85. The molecule has 1 rings (SSSR count). The monoisotopic (exact) mass is 213 g/mol. The van der Waals surface area contributed by atoms with Crippen LogP contribution in [-0.2, 0) is 4.79 Å². The van der Waals surface area contributed by atoms with Gasteiger partial charge in [0.25, 0.3) is 0 Å². The number of carboxylic acids is 1. The van der Waals surface area contributed by atoms with Crippen LogP contribution in [0.25, 0.3) is 0 Å². The molecule has 0 aromatic heterocycles. The first kappa shape index (κ1) is 12.5. The first-order valence-electron chi connectivity index (χ1n) is 6.03. The molecule has 15 heavy (non-hydrogen) atoms. The van der Waals surface area contributed by atoms with Crippen molar-refractivity contribution in [1.82, 2.24) is 4.90 Å². The van der Waals surface area contributed by atoms with Gasteiger partial charge in [-0.1, -0.05) is 27.2 Å². The molecule has 0 radical (unpaired) electrons. The zero-order valence-electron chi connectivity index (χ0n) is 10.1. The van der Waals surface area contributed by atoms with Crippen LogP contribution >= 0.6 is 0 Å². The van der Waals surface area contributed by atoms with E-state index in [9.17, 15) is 4.79 Å². The molecule has 0 bridgehead atoms. The van der Waals surface area contributed by atoms with Crippen LogP contribution in [0.2, 0.25) is 0 Å². The third-order valence-corrected chi connectivity index (χ3v) is 3.65. The van der Waals surface area contributed by atoms with E-state index in [0.29, 0.717) is 5.92 Å². The summed E-state index contributed by atoms with van der Waals surface area (Å²) in [6, 6.07) is -0.259. The van der Waals surface area contributed by atoms with Gasteiger partial charge < -0.3 is 5.11 Å². The summed E-state index contributed by atoms with van der Waals surface area (Å²) in [6.45, 7) is 8.42. The van der Waals surface area contributed by atoms with Crippen LogP contribution in [0.4, 0.5) is 0 Å². The number of aliphatic carboxylic acids is 1. The van der Waals surface area contributed by atoms with E-state index in [2.05, 4.69) is 18.7 Å². The predicted octanol–water partition coefficient (Wildman–Crippen LogP) is 2.22. The Morgan fingerprint density at radius 3 is 2.60 bits per heavy atom. The van der Waals surface area contributed by atoms with Gasteiger partial charge in [0.05, 0.1) is 0 Å². The maximum absolute atomic E-state index is 11.1. The van der Waals surface area contributed by atoms with Gasteiger partial charge in [-0.3, -0.25) is 9.69 Å². The lowest BCUT2D eigenvalue weighted by molar-refractivity contribution is -0.144. The highest BCUT2D eigenvalue weighted by Crippen LogP contribution is 2.25. The molecular formula is C12H23NO2. The van der Waals surface area contributed by atoms with Gasteiger partial charge >= 0.3 is 5.97 Å². The number of hydrogen-bond acceptors (Lipinski definition) is 2. The van der Waals surface area contributed by atoms with E-state index in [1.165, 1.54) is 0 Å². The maximum atomic E-state index is 11.1. The molecule has 0 aromatic carbocycles. The molecule has 0 saturated carbocycles. The highest BCUT2D eigenvalue weighted by molar-refractivity contribution is 5.73. The Kier molecular flexibility index (Phi) is 4.58. The van der Waals surface area contributed by atoms with E-state index in [1.807, 2.05) is 6.92 Å². The summed E-state index contributed by atoms with van der Waals surface area (Å²) < 4.78 is 0. The predicted molar refractivity (Wildman–Crippen MR) is 60.8 cm³/mol. The van der Waals surface area contributed by atoms with Crippen LogP contribution in [-0.4, -0.2) is 35.1 Å². The van der Waals surface area contributed by atoms with E-state index >= 15 is 0 Å². The largest absolute Gasteiger partial charge is 0.480 e. The van der Waals surface area contributed by atoms with Gasteiger partial charge in [-0.05, 0) is 31.2 Å². The molecule has 3 atom stereocenters. The second-order valence-corrected chi connectivity index (χ2v) is 4.88. The number of rotatable bonds is 4. The summed E-state index contributed by atoms with van der Waals surface area (Å²) in [4.78, 5) is 13.3. The van der Waals surface area contributed by atoms with E-state index in [-0.39, 0.29) is 6.04 Å².